The Kier molecular flexibility index (Phi) is 6.15. The quantitative estimate of drug-likeness (QED) is 0.305. The molecule has 10 nitrogen and oxygen atoms in total. The molecule has 0 spiro atoms. The van der Waals surface area contributed by atoms with Crippen molar-refractivity contribution >= 4 is 63.5 Å². The van der Waals surface area contributed by atoms with Crippen LogP contribution < -0.4 is 11.1 Å². The third-order valence-electron chi connectivity index (χ3n) is 4.02. The van der Waals surface area contributed by atoms with Crippen molar-refractivity contribution in [2.45, 2.75) is 11.4 Å². The number of β-lactam (4-membered cyclic amide) rings is 1. The fourth-order valence-electron chi connectivity index (χ4n) is 2.87. The topological polar surface area (TPSA) is 147 Å². The van der Waals surface area contributed by atoms with E-state index in [1.807, 2.05) is 6.26 Å². The Labute approximate surface area is 172 Å². The second-order valence-corrected chi connectivity index (χ2v) is 8.61. The number of hydrogen-bond acceptors (Lipinski definition) is 10. The number of nitrogens with two attached hydrogens (primary N) is 1. The van der Waals surface area contributed by atoms with Gasteiger partial charge in [-0.15, -0.1) is 23.1 Å². The highest BCUT2D eigenvalue weighted by atomic mass is 32.2. The number of nitrogen functional groups attached to an aromatic ring is 1. The third kappa shape index (κ3) is 3.69. The zero-order valence-corrected chi connectivity index (χ0v) is 17.3. The Morgan fingerprint density at radius 2 is 2.32 bits per heavy atom. The number of amides is 2. The number of thioether (sulfide) groups is 2. The van der Waals surface area contributed by atoms with Crippen molar-refractivity contribution in [1.29, 1.82) is 0 Å². The third-order valence-corrected chi connectivity index (χ3v) is 6.67. The minimum absolute atomic E-state index is 0.00616. The van der Waals surface area contributed by atoms with Crippen LogP contribution in [0.4, 0.5) is 5.13 Å². The van der Waals surface area contributed by atoms with E-state index >= 15 is 0 Å². The molecule has 1 saturated heterocycles. The highest BCUT2D eigenvalue weighted by Crippen LogP contribution is 2.40. The molecule has 3 heterocycles. The highest BCUT2D eigenvalue weighted by Gasteiger charge is 2.54. The first-order valence-corrected chi connectivity index (χ1v) is 11.2. The molecule has 0 bridgehead atoms. The first-order chi connectivity index (χ1) is 13.4. The van der Waals surface area contributed by atoms with Gasteiger partial charge in [-0.05, 0) is 11.8 Å². The molecule has 1 aromatic heterocycles. The fourth-order valence-corrected chi connectivity index (χ4v) is 5.48. The molecule has 2 aliphatic rings. The molecule has 3 rings (SSSR count). The molecule has 0 aliphatic carbocycles. The smallest absolute Gasteiger partial charge is 0.352 e. The largest absolute Gasteiger partial charge is 0.477 e. The summed E-state index contributed by atoms with van der Waals surface area (Å²) in [6.45, 7) is 0. The number of hydrogen-bond donors (Lipinski definition) is 3. The van der Waals surface area contributed by atoms with Gasteiger partial charge in [0.05, 0.1) is 0 Å². The minimum Gasteiger partial charge on any atom is -0.477 e. The Balaban J connectivity index is 1.78. The maximum Gasteiger partial charge on any atom is 0.352 e. The monoisotopic (exact) mass is 443 g/mol. The number of thiazole rings is 1. The first kappa shape index (κ1) is 20.5. The van der Waals surface area contributed by atoms with Gasteiger partial charge in [-0.1, -0.05) is 5.16 Å². The number of carboxylic acid groups (broad SMARTS) is 1. The molecule has 2 atom stereocenters. The van der Waals surface area contributed by atoms with Crippen LogP contribution in [0.15, 0.2) is 21.8 Å². The number of carbonyl (C=O) groups is 3. The number of fused-ring (bicyclic) bond motifs is 1. The molecule has 13 heteroatoms. The van der Waals surface area contributed by atoms with Crippen LogP contribution >= 0.6 is 34.9 Å². The molecular weight excluding hydrogens is 426 g/mol. The molecule has 28 heavy (non-hydrogen) atoms. The average molecular weight is 444 g/mol. The lowest BCUT2D eigenvalue weighted by Gasteiger charge is -2.49. The summed E-state index contributed by atoms with van der Waals surface area (Å²) in [4.78, 5) is 46.9. The normalized spacial score (nSPS) is 21.9. The van der Waals surface area contributed by atoms with Gasteiger partial charge in [0.25, 0.3) is 11.8 Å². The summed E-state index contributed by atoms with van der Waals surface area (Å²) in [7, 11) is 1.29. The summed E-state index contributed by atoms with van der Waals surface area (Å²) >= 11 is 4.04. The van der Waals surface area contributed by atoms with Gasteiger partial charge in [0.1, 0.15) is 29.9 Å². The number of aliphatic carboxylic acids is 1. The van der Waals surface area contributed by atoms with E-state index in [0.29, 0.717) is 17.1 Å². The van der Waals surface area contributed by atoms with Crippen molar-refractivity contribution in [1.82, 2.24) is 15.2 Å². The molecular formula is C15H17N5O5S3. The second kappa shape index (κ2) is 8.41. The highest BCUT2D eigenvalue weighted by molar-refractivity contribution is 8.00. The lowest BCUT2D eigenvalue weighted by molar-refractivity contribution is -0.150. The van der Waals surface area contributed by atoms with E-state index in [1.54, 1.807) is 5.38 Å². The van der Waals surface area contributed by atoms with Crippen molar-refractivity contribution in [2.75, 3.05) is 30.6 Å². The van der Waals surface area contributed by atoms with Gasteiger partial charge >= 0.3 is 5.97 Å². The molecule has 150 valence electrons. The lowest BCUT2D eigenvalue weighted by Crippen LogP contribution is -2.71. The van der Waals surface area contributed by atoms with Gasteiger partial charge < -0.3 is 21.0 Å². The van der Waals surface area contributed by atoms with Gasteiger partial charge in [-0.25, -0.2) is 9.78 Å². The molecule has 2 aliphatic heterocycles. The van der Waals surface area contributed by atoms with E-state index in [2.05, 4.69) is 15.5 Å². The van der Waals surface area contributed by atoms with Crippen molar-refractivity contribution in [3.63, 3.8) is 0 Å². The molecule has 1 fully saturated rings. The lowest BCUT2D eigenvalue weighted by atomic mass is 10.0. The van der Waals surface area contributed by atoms with Crippen LogP contribution in [0.25, 0.3) is 0 Å². The van der Waals surface area contributed by atoms with Crippen molar-refractivity contribution in [2.24, 2.45) is 5.16 Å². The summed E-state index contributed by atoms with van der Waals surface area (Å²) in [6.07, 6.45) is 1.87. The Hall–Kier alpha value is -2.25. The Morgan fingerprint density at radius 1 is 1.57 bits per heavy atom. The number of aromatic nitrogens is 1. The Morgan fingerprint density at radius 3 is 2.89 bits per heavy atom. The maximum absolute atomic E-state index is 12.6. The summed E-state index contributed by atoms with van der Waals surface area (Å²) in [5.74, 6) is -1.27. The zero-order chi connectivity index (χ0) is 20.4. The van der Waals surface area contributed by atoms with Gasteiger partial charge in [0.15, 0.2) is 10.8 Å². The SMILES string of the molecule is CON=C(C(=O)NC1C(=O)N2C(C(=O)O)=C(CSC)CS[C@H]12)c1csc(N)n1. The average Bonchev–Trinajstić information content (AvgIpc) is 3.09. The van der Waals surface area contributed by atoms with Crippen LogP contribution in [0.5, 0.6) is 0 Å². The molecule has 2 amide bonds. The molecule has 1 aromatic rings. The van der Waals surface area contributed by atoms with Gasteiger partial charge in [0, 0.05) is 16.9 Å². The van der Waals surface area contributed by atoms with Crippen LogP contribution in [0.2, 0.25) is 0 Å². The van der Waals surface area contributed by atoms with Crippen LogP contribution in [0, 0.1) is 0 Å². The number of oxime groups is 1. The van der Waals surface area contributed by atoms with Crippen LogP contribution in [0.1, 0.15) is 5.69 Å². The van der Waals surface area contributed by atoms with E-state index in [0.717, 1.165) is 11.3 Å². The summed E-state index contributed by atoms with van der Waals surface area (Å²) in [5.41, 5.74) is 6.42. The number of nitrogens with zero attached hydrogens (tertiary/aromatic N) is 3. The van der Waals surface area contributed by atoms with Crippen molar-refractivity contribution in [3.05, 3.63) is 22.3 Å². The predicted octanol–water partition coefficient (Wildman–Crippen LogP) is 0.177. The summed E-state index contributed by atoms with van der Waals surface area (Å²) < 4.78 is 0. The van der Waals surface area contributed by atoms with E-state index in [-0.39, 0.29) is 22.2 Å². The molecule has 0 aromatic carbocycles. The maximum atomic E-state index is 12.6. The van der Waals surface area contributed by atoms with Crippen molar-refractivity contribution in [3.8, 4) is 0 Å². The number of rotatable bonds is 7. The summed E-state index contributed by atoms with van der Waals surface area (Å²) in [6, 6.07) is -0.860. The number of carboxylic acids is 1. The zero-order valence-electron chi connectivity index (χ0n) is 14.9. The van der Waals surface area contributed by atoms with Crippen LogP contribution in [-0.2, 0) is 19.2 Å². The molecule has 0 radical (unpaired) electrons. The van der Waals surface area contributed by atoms with Crippen LogP contribution in [-0.4, -0.2) is 74.8 Å². The van der Waals surface area contributed by atoms with Crippen LogP contribution in [0.3, 0.4) is 0 Å². The standard InChI is InChI=1S/C15H17N5O5S3/c1-25-19-8(7-5-28-15(16)17-7)11(21)18-9-12(22)20-10(14(23)24)6(3-26-2)4-27-13(9)20/h5,9,13H,3-4H2,1-2H3,(H2,16,17)(H,18,21)(H,23,24)/t9?,13-/m1/s1. The van der Waals surface area contributed by atoms with Gasteiger partial charge in [0.2, 0.25) is 0 Å². The van der Waals surface area contributed by atoms with E-state index in [1.165, 1.54) is 35.5 Å². The second-order valence-electron chi connectivity index (χ2n) is 5.74. The van der Waals surface area contributed by atoms with E-state index in [4.69, 9.17) is 10.6 Å². The molecule has 1 unspecified atom stereocenters. The summed E-state index contributed by atoms with van der Waals surface area (Å²) in [5, 5.41) is 17.2. The van der Waals surface area contributed by atoms with E-state index in [9.17, 15) is 19.5 Å². The van der Waals surface area contributed by atoms with Gasteiger partial charge in [-0.2, -0.15) is 11.8 Å². The van der Waals surface area contributed by atoms with E-state index < -0.39 is 29.2 Å². The number of anilines is 1. The van der Waals surface area contributed by atoms with Crippen molar-refractivity contribution < 1.29 is 24.3 Å². The Bertz CT molecular complexity index is 883. The molecule has 4 N–H and O–H groups in total. The number of carbonyl (C=O) groups excluding carboxylic acids is 2. The molecule has 0 saturated carbocycles. The van der Waals surface area contributed by atoms with Gasteiger partial charge in [-0.3, -0.25) is 14.5 Å². The minimum atomic E-state index is -1.15. The first-order valence-electron chi connectivity index (χ1n) is 7.91. The predicted molar refractivity (Wildman–Crippen MR) is 108 cm³/mol. The number of nitrogens with one attached hydrogen (secondary N) is 1. The fraction of sp³-hybridized carbons (Fsp3) is 0.400.